The van der Waals surface area contributed by atoms with Crippen LogP contribution in [0.5, 0.6) is 0 Å². The highest BCUT2D eigenvalue weighted by Crippen LogP contribution is 2.26. The number of fused-ring (bicyclic) bond motifs is 2. The third kappa shape index (κ3) is 10.0. The van der Waals surface area contributed by atoms with Crippen LogP contribution in [-0.4, -0.2) is 48.2 Å². The van der Waals surface area contributed by atoms with E-state index in [1.807, 2.05) is 19.1 Å². The first-order valence-electron chi connectivity index (χ1n) is 13.4. The van der Waals surface area contributed by atoms with Crippen molar-refractivity contribution in [2.45, 2.75) is 96.2 Å². The second kappa shape index (κ2) is 14.5. The van der Waals surface area contributed by atoms with Gasteiger partial charge in [-0.2, -0.15) is 0 Å². The van der Waals surface area contributed by atoms with Crippen LogP contribution < -0.4 is 0 Å². The summed E-state index contributed by atoms with van der Waals surface area (Å²) in [5.74, 6) is 0.0618. The molecule has 3 rings (SSSR count). The van der Waals surface area contributed by atoms with Crippen LogP contribution in [0, 0.1) is 11.8 Å². The van der Waals surface area contributed by atoms with Gasteiger partial charge in [-0.05, 0) is 51.4 Å². The van der Waals surface area contributed by atoms with E-state index < -0.39 is 6.10 Å². The minimum absolute atomic E-state index is 0.00858. The molecule has 0 aliphatic carbocycles. The maximum absolute atomic E-state index is 12.7. The number of aliphatic hydroxyl groups excluding tert-OH is 1. The second-order valence-electron chi connectivity index (χ2n) is 10.7. The molecule has 2 bridgehead atoms. The smallest absolute Gasteiger partial charge is 0.330 e. The number of aliphatic hydroxyl groups is 1. The van der Waals surface area contributed by atoms with Crippen molar-refractivity contribution in [2.24, 2.45) is 11.8 Å². The summed E-state index contributed by atoms with van der Waals surface area (Å²) in [6.45, 7) is 11.2. The minimum atomic E-state index is -0.602. The van der Waals surface area contributed by atoms with Gasteiger partial charge in [-0.25, -0.2) is 4.79 Å². The zero-order valence-electron chi connectivity index (χ0n) is 22.2. The average molecular weight is 497 g/mol. The van der Waals surface area contributed by atoms with E-state index in [0.29, 0.717) is 31.8 Å². The van der Waals surface area contributed by atoms with Gasteiger partial charge in [0.05, 0.1) is 31.0 Å². The Hall–Kier alpha value is -2.21. The van der Waals surface area contributed by atoms with Crippen molar-refractivity contribution in [1.82, 2.24) is 0 Å². The molecule has 36 heavy (non-hydrogen) atoms. The van der Waals surface area contributed by atoms with Crippen molar-refractivity contribution in [3.63, 3.8) is 0 Å². The van der Waals surface area contributed by atoms with Gasteiger partial charge in [-0.15, -0.1) is 0 Å². The Labute approximate surface area is 217 Å². The molecule has 0 saturated carbocycles. The maximum Gasteiger partial charge on any atom is 0.330 e. The number of cyclic esters (lactones) is 1. The van der Waals surface area contributed by atoms with Crippen LogP contribution in [0.1, 0.15) is 65.7 Å². The summed E-state index contributed by atoms with van der Waals surface area (Å²) in [4.78, 5) is 12.7. The van der Waals surface area contributed by atoms with Gasteiger partial charge < -0.3 is 19.3 Å². The predicted octanol–water partition coefficient (Wildman–Crippen LogP) is 6.17. The molecule has 7 atom stereocenters. The van der Waals surface area contributed by atoms with Crippen molar-refractivity contribution >= 4 is 5.97 Å². The van der Waals surface area contributed by atoms with E-state index in [-0.39, 0.29) is 36.3 Å². The summed E-state index contributed by atoms with van der Waals surface area (Å²) in [5, 5.41) is 10.5. The quantitative estimate of drug-likeness (QED) is 0.374. The number of carbonyl (C=O) groups excluding carboxylic acids is 1. The molecule has 0 radical (unpaired) electrons. The third-order valence-electron chi connectivity index (χ3n) is 7.01. The molecule has 3 aliphatic rings. The molecule has 0 aromatic heterocycles. The largest absolute Gasteiger partial charge is 0.458 e. The van der Waals surface area contributed by atoms with Gasteiger partial charge in [0.1, 0.15) is 6.10 Å². The van der Waals surface area contributed by atoms with Crippen LogP contribution in [0.4, 0.5) is 0 Å². The summed E-state index contributed by atoms with van der Waals surface area (Å²) >= 11 is 0. The first-order valence-corrected chi connectivity index (χ1v) is 13.4. The molecular formula is C31H44O5. The minimum Gasteiger partial charge on any atom is -0.458 e. The van der Waals surface area contributed by atoms with E-state index in [4.69, 9.17) is 14.2 Å². The Kier molecular flexibility index (Phi) is 11.4. The molecule has 0 aromatic rings. The zero-order chi connectivity index (χ0) is 25.9. The molecule has 5 heteroatoms. The summed E-state index contributed by atoms with van der Waals surface area (Å²) in [6, 6.07) is 0. The van der Waals surface area contributed by atoms with Gasteiger partial charge in [-0.1, -0.05) is 80.2 Å². The van der Waals surface area contributed by atoms with Crippen molar-refractivity contribution in [2.75, 3.05) is 6.61 Å². The molecule has 0 amide bonds. The van der Waals surface area contributed by atoms with Crippen LogP contribution in [-0.2, 0) is 19.0 Å². The molecular weight excluding hydrogens is 452 g/mol. The fourth-order valence-electron chi connectivity index (χ4n) is 5.04. The fourth-order valence-corrected chi connectivity index (χ4v) is 5.04. The highest BCUT2D eigenvalue weighted by atomic mass is 16.5. The number of hydrogen-bond acceptors (Lipinski definition) is 5. The Morgan fingerprint density at radius 2 is 1.92 bits per heavy atom. The highest BCUT2D eigenvalue weighted by Gasteiger charge is 2.22. The molecule has 5 nitrogen and oxygen atoms in total. The van der Waals surface area contributed by atoms with E-state index in [9.17, 15) is 9.90 Å². The molecule has 3 heterocycles. The summed E-state index contributed by atoms with van der Waals surface area (Å²) in [5.41, 5.74) is 2.37. The van der Waals surface area contributed by atoms with E-state index in [0.717, 1.165) is 31.3 Å². The first kappa shape index (κ1) is 28.4. The first-order chi connectivity index (χ1) is 17.3. The molecule has 0 aromatic carbocycles. The van der Waals surface area contributed by atoms with E-state index in [1.54, 1.807) is 6.08 Å². The molecule has 0 saturated heterocycles. The molecule has 1 unspecified atom stereocenters. The van der Waals surface area contributed by atoms with Crippen LogP contribution in [0.2, 0.25) is 0 Å². The van der Waals surface area contributed by atoms with Crippen molar-refractivity contribution in [3.8, 4) is 0 Å². The number of ether oxygens (including phenoxy) is 3. The van der Waals surface area contributed by atoms with E-state index in [1.165, 1.54) is 11.6 Å². The SMILES string of the molecule is C=C1CC(C)C[C@@H]2CC=C[C@@H](C/C=C\C(=O)O[C@H]([C@@H](C)/C=C/[C@@H]3CC(C)=CCO3)C/C=C/[C@@H](O)C1)O2. The molecule has 0 spiro atoms. The standard InChI is InChI=1S/C31H44O5/c1-22-16-17-34-28(20-22)15-14-25(4)30-12-5-8-26(32)19-23(2)18-24(3)21-29-11-6-9-27(35-29)10-7-13-31(33)36-30/h5-9,13-16,24-30,32H,2,10-12,17-21H2,1,3-4H3/b8-5+,13-7-,15-14+/t24?,25-,26+,27-,28+,29-,30-/m0/s1. The predicted molar refractivity (Wildman–Crippen MR) is 144 cm³/mol. The molecule has 1 N–H and O–H groups in total. The fraction of sp³-hybridized carbons (Fsp3) is 0.581. The Balaban J connectivity index is 1.70. The normalized spacial score (nSPS) is 35.8. The van der Waals surface area contributed by atoms with Gasteiger partial charge >= 0.3 is 5.97 Å². The molecule has 198 valence electrons. The van der Waals surface area contributed by atoms with Gasteiger partial charge in [0, 0.05) is 18.4 Å². The van der Waals surface area contributed by atoms with Crippen molar-refractivity contribution < 1.29 is 24.1 Å². The van der Waals surface area contributed by atoms with Crippen LogP contribution >= 0.6 is 0 Å². The highest BCUT2D eigenvalue weighted by molar-refractivity contribution is 5.82. The lowest BCUT2D eigenvalue weighted by molar-refractivity contribution is -0.144. The number of carbonyl (C=O) groups is 1. The lowest BCUT2D eigenvalue weighted by Crippen LogP contribution is -2.26. The van der Waals surface area contributed by atoms with Crippen molar-refractivity contribution in [3.05, 3.63) is 72.4 Å². The Bertz CT molecular complexity index is 879. The lowest BCUT2D eigenvalue weighted by Gasteiger charge is -2.28. The van der Waals surface area contributed by atoms with Crippen LogP contribution in [0.25, 0.3) is 0 Å². The number of esters is 1. The Morgan fingerprint density at radius 1 is 1.11 bits per heavy atom. The van der Waals surface area contributed by atoms with Crippen LogP contribution in [0.3, 0.4) is 0 Å². The van der Waals surface area contributed by atoms with E-state index in [2.05, 4.69) is 50.8 Å². The van der Waals surface area contributed by atoms with Gasteiger partial charge in [0.25, 0.3) is 0 Å². The topological polar surface area (TPSA) is 65.0 Å². The third-order valence-corrected chi connectivity index (χ3v) is 7.01. The number of rotatable bonds is 3. The second-order valence-corrected chi connectivity index (χ2v) is 10.7. The number of hydrogen-bond donors (Lipinski definition) is 1. The zero-order valence-corrected chi connectivity index (χ0v) is 22.2. The average Bonchev–Trinajstić information content (AvgIpc) is 2.81. The van der Waals surface area contributed by atoms with E-state index >= 15 is 0 Å². The summed E-state index contributed by atoms with van der Waals surface area (Å²) in [7, 11) is 0. The maximum atomic E-state index is 12.7. The van der Waals surface area contributed by atoms with Gasteiger partial charge in [0.2, 0.25) is 0 Å². The van der Waals surface area contributed by atoms with Gasteiger partial charge in [0.15, 0.2) is 0 Å². The molecule has 3 aliphatic heterocycles. The van der Waals surface area contributed by atoms with Crippen molar-refractivity contribution in [1.29, 1.82) is 0 Å². The summed E-state index contributed by atoms with van der Waals surface area (Å²) in [6.07, 6.45) is 22.1. The Morgan fingerprint density at radius 3 is 2.72 bits per heavy atom. The molecule has 0 fully saturated rings. The van der Waals surface area contributed by atoms with Gasteiger partial charge in [-0.3, -0.25) is 0 Å². The summed E-state index contributed by atoms with van der Waals surface area (Å²) < 4.78 is 17.9. The lowest BCUT2D eigenvalue weighted by atomic mass is 9.91. The monoisotopic (exact) mass is 496 g/mol. The van der Waals surface area contributed by atoms with Crippen LogP contribution in [0.15, 0.2) is 72.4 Å².